The van der Waals surface area contributed by atoms with E-state index in [1.807, 2.05) is 19.1 Å². The van der Waals surface area contributed by atoms with E-state index >= 15 is 0 Å². The predicted octanol–water partition coefficient (Wildman–Crippen LogP) is 2.22. The molecule has 0 amide bonds. The lowest BCUT2D eigenvalue weighted by Gasteiger charge is -2.01. The summed E-state index contributed by atoms with van der Waals surface area (Å²) in [7, 11) is 0. The molecule has 0 radical (unpaired) electrons. The van der Waals surface area contributed by atoms with Crippen molar-refractivity contribution < 1.29 is 0 Å². The summed E-state index contributed by atoms with van der Waals surface area (Å²) in [5.41, 5.74) is 2.69. The van der Waals surface area contributed by atoms with Gasteiger partial charge < -0.3 is 5.32 Å². The van der Waals surface area contributed by atoms with E-state index in [1.165, 1.54) is 11.3 Å². The van der Waals surface area contributed by atoms with Crippen molar-refractivity contribution in [2.75, 3.05) is 6.54 Å². The Morgan fingerprint density at radius 2 is 2.50 bits per heavy atom. The van der Waals surface area contributed by atoms with E-state index in [0.717, 1.165) is 15.8 Å². The molecule has 1 aromatic heterocycles. The minimum absolute atomic E-state index is 0.520. The Morgan fingerprint density at radius 3 is 3.07 bits per heavy atom. The van der Waals surface area contributed by atoms with Gasteiger partial charge in [-0.1, -0.05) is 11.6 Å². The third-order valence-electron chi connectivity index (χ3n) is 1.29. The van der Waals surface area contributed by atoms with E-state index in [0.29, 0.717) is 5.11 Å². The summed E-state index contributed by atoms with van der Waals surface area (Å²) in [5.74, 6) is 0. The second-order valence-electron chi connectivity index (χ2n) is 2.37. The van der Waals surface area contributed by atoms with Gasteiger partial charge >= 0.3 is 0 Å². The fourth-order valence-electron chi connectivity index (χ4n) is 0.752. The number of hydrazone groups is 1. The van der Waals surface area contributed by atoms with Crippen molar-refractivity contribution in [2.45, 2.75) is 6.92 Å². The zero-order valence-electron chi connectivity index (χ0n) is 7.58. The molecule has 0 unspecified atom stereocenters. The highest BCUT2D eigenvalue weighted by molar-refractivity contribution is 7.80. The standard InChI is InChI=1S/C8H10ClN3S2/c1-2-10-8(13)12-11-5-6-3-4-7(9)14-6/h3-5H,2H2,1H3,(H2,10,12,13). The van der Waals surface area contributed by atoms with Crippen LogP contribution in [0.5, 0.6) is 0 Å². The maximum Gasteiger partial charge on any atom is 0.186 e. The molecule has 0 fully saturated rings. The van der Waals surface area contributed by atoms with Crippen molar-refractivity contribution in [2.24, 2.45) is 5.10 Å². The molecule has 0 aromatic carbocycles. The summed E-state index contributed by atoms with van der Waals surface area (Å²) in [6.07, 6.45) is 1.68. The predicted molar refractivity (Wildman–Crippen MR) is 66.3 cm³/mol. The number of nitrogens with one attached hydrogen (secondary N) is 2. The lowest BCUT2D eigenvalue weighted by atomic mass is 10.5. The Bertz CT molecular complexity index is 335. The number of nitrogens with zero attached hydrogens (tertiary/aromatic N) is 1. The molecule has 14 heavy (non-hydrogen) atoms. The monoisotopic (exact) mass is 247 g/mol. The maximum atomic E-state index is 5.75. The van der Waals surface area contributed by atoms with Gasteiger partial charge in [-0.25, -0.2) is 0 Å². The van der Waals surface area contributed by atoms with Crippen molar-refractivity contribution in [3.63, 3.8) is 0 Å². The van der Waals surface area contributed by atoms with Crippen molar-refractivity contribution in [1.29, 1.82) is 0 Å². The molecule has 0 saturated carbocycles. The number of halogens is 1. The Balaban J connectivity index is 2.37. The number of thiocarbonyl (C=S) groups is 1. The number of hydrogen-bond acceptors (Lipinski definition) is 3. The normalized spacial score (nSPS) is 10.4. The molecule has 0 atom stereocenters. The Hall–Kier alpha value is -0.650. The van der Waals surface area contributed by atoms with Crippen LogP contribution in [0.15, 0.2) is 17.2 Å². The van der Waals surface area contributed by atoms with Crippen molar-refractivity contribution >= 4 is 46.5 Å². The molecular weight excluding hydrogens is 238 g/mol. The largest absolute Gasteiger partial charge is 0.362 e. The Kier molecular flexibility index (Phi) is 4.86. The molecule has 1 heterocycles. The summed E-state index contributed by atoms with van der Waals surface area (Å²) in [5, 5.41) is 7.39. The Morgan fingerprint density at radius 1 is 1.71 bits per heavy atom. The van der Waals surface area contributed by atoms with Crippen molar-refractivity contribution in [3.8, 4) is 0 Å². The topological polar surface area (TPSA) is 36.4 Å². The first-order valence-electron chi connectivity index (χ1n) is 4.04. The molecule has 0 aliphatic carbocycles. The smallest absolute Gasteiger partial charge is 0.186 e. The average molecular weight is 248 g/mol. The molecule has 0 saturated heterocycles. The molecule has 76 valence electrons. The van der Waals surface area contributed by atoms with E-state index < -0.39 is 0 Å². The fraction of sp³-hybridized carbons (Fsp3) is 0.250. The molecule has 0 aliphatic heterocycles. The van der Waals surface area contributed by atoms with Crippen LogP contribution in [0, 0.1) is 0 Å². The molecule has 1 aromatic rings. The summed E-state index contributed by atoms with van der Waals surface area (Å²) in [6, 6.07) is 3.73. The van der Waals surface area contributed by atoms with E-state index in [4.69, 9.17) is 23.8 Å². The minimum atomic E-state index is 0.520. The highest BCUT2D eigenvalue weighted by Gasteiger charge is 1.93. The quantitative estimate of drug-likeness (QED) is 0.489. The van der Waals surface area contributed by atoms with Crippen LogP contribution in [0.4, 0.5) is 0 Å². The van der Waals surface area contributed by atoms with Crippen LogP contribution in [0.3, 0.4) is 0 Å². The maximum absolute atomic E-state index is 5.75. The second kappa shape index (κ2) is 5.95. The molecule has 6 heteroatoms. The molecule has 0 spiro atoms. The van der Waals surface area contributed by atoms with Crippen LogP contribution < -0.4 is 10.7 Å². The van der Waals surface area contributed by atoms with E-state index in [2.05, 4.69) is 15.8 Å². The molecular formula is C8H10ClN3S2. The van der Waals surface area contributed by atoms with Gasteiger partial charge in [-0.2, -0.15) is 5.10 Å². The summed E-state index contributed by atoms with van der Waals surface area (Å²) in [6.45, 7) is 2.75. The second-order valence-corrected chi connectivity index (χ2v) is 4.53. The van der Waals surface area contributed by atoms with Crippen molar-refractivity contribution in [3.05, 3.63) is 21.3 Å². The van der Waals surface area contributed by atoms with Crippen LogP contribution in [0.2, 0.25) is 4.34 Å². The number of thiophene rings is 1. The van der Waals surface area contributed by atoms with Gasteiger partial charge in [-0.3, -0.25) is 5.43 Å². The first-order chi connectivity index (χ1) is 6.72. The van der Waals surface area contributed by atoms with Crippen LogP contribution in [-0.4, -0.2) is 17.9 Å². The third kappa shape index (κ3) is 4.04. The molecule has 0 bridgehead atoms. The van der Waals surface area contributed by atoms with E-state index in [1.54, 1.807) is 6.21 Å². The summed E-state index contributed by atoms with van der Waals surface area (Å²) < 4.78 is 0.751. The first kappa shape index (κ1) is 11.4. The van der Waals surface area contributed by atoms with Gasteiger partial charge in [-0.15, -0.1) is 11.3 Å². The van der Waals surface area contributed by atoms with Crippen LogP contribution in [0.1, 0.15) is 11.8 Å². The van der Waals surface area contributed by atoms with Gasteiger partial charge in [0.2, 0.25) is 0 Å². The van der Waals surface area contributed by atoms with Gasteiger partial charge in [0.1, 0.15) is 0 Å². The lowest BCUT2D eigenvalue weighted by Crippen LogP contribution is -2.31. The molecule has 0 aliphatic rings. The Labute approximate surface area is 97.2 Å². The van der Waals surface area contributed by atoms with E-state index in [9.17, 15) is 0 Å². The number of rotatable bonds is 3. The highest BCUT2D eigenvalue weighted by Crippen LogP contribution is 2.19. The summed E-state index contributed by atoms with van der Waals surface area (Å²) >= 11 is 12.1. The van der Waals surface area contributed by atoms with Gasteiger partial charge in [0.05, 0.1) is 10.6 Å². The van der Waals surface area contributed by atoms with Gasteiger partial charge in [0.25, 0.3) is 0 Å². The fourth-order valence-corrected chi connectivity index (χ4v) is 1.88. The first-order valence-corrected chi connectivity index (χ1v) is 5.65. The van der Waals surface area contributed by atoms with Crippen LogP contribution in [0.25, 0.3) is 0 Å². The highest BCUT2D eigenvalue weighted by atomic mass is 35.5. The van der Waals surface area contributed by atoms with Crippen LogP contribution >= 0.6 is 35.2 Å². The van der Waals surface area contributed by atoms with Gasteiger partial charge in [-0.05, 0) is 31.3 Å². The van der Waals surface area contributed by atoms with Gasteiger partial charge in [0.15, 0.2) is 5.11 Å². The van der Waals surface area contributed by atoms with E-state index in [-0.39, 0.29) is 0 Å². The molecule has 1 rings (SSSR count). The van der Waals surface area contributed by atoms with Crippen LogP contribution in [-0.2, 0) is 0 Å². The SMILES string of the molecule is CCNC(=S)NN=Cc1ccc(Cl)s1. The molecule has 2 N–H and O–H groups in total. The molecule has 3 nitrogen and oxygen atoms in total. The minimum Gasteiger partial charge on any atom is -0.362 e. The zero-order chi connectivity index (χ0) is 10.4. The number of hydrogen-bond donors (Lipinski definition) is 2. The zero-order valence-corrected chi connectivity index (χ0v) is 9.97. The van der Waals surface area contributed by atoms with Gasteiger partial charge in [0, 0.05) is 11.4 Å². The summed E-state index contributed by atoms with van der Waals surface area (Å²) in [4.78, 5) is 0.988. The third-order valence-corrected chi connectivity index (χ3v) is 2.69. The lowest BCUT2D eigenvalue weighted by molar-refractivity contribution is 0.904. The van der Waals surface area contributed by atoms with Crippen molar-refractivity contribution in [1.82, 2.24) is 10.7 Å². The average Bonchev–Trinajstić information content (AvgIpc) is 2.52.